The highest BCUT2D eigenvalue weighted by molar-refractivity contribution is 4.85. The molecular weight excluding hydrogens is 136 g/mol. The molecule has 0 saturated heterocycles. The number of hydrogen-bond acceptors (Lipinski definition) is 1. The molecule has 1 rings (SSSR count). The molecule has 0 aliphatic heterocycles. The van der Waals surface area contributed by atoms with Crippen molar-refractivity contribution in [3.8, 4) is 0 Å². The maximum absolute atomic E-state index is 8.67. The van der Waals surface area contributed by atoms with E-state index >= 15 is 0 Å². The number of unbranched alkanes of at least 4 members (excludes halogenated alkanes) is 2. The van der Waals surface area contributed by atoms with Gasteiger partial charge in [0.15, 0.2) is 0 Å². The molecule has 0 radical (unpaired) electrons. The van der Waals surface area contributed by atoms with Crippen LogP contribution >= 0.6 is 0 Å². The Morgan fingerprint density at radius 2 is 1.91 bits per heavy atom. The highest BCUT2D eigenvalue weighted by Gasteiger charge is 2.34. The zero-order valence-corrected chi connectivity index (χ0v) is 7.55. The summed E-state index contributed by atoms with van der Waals surface area (Å²) < 4.78 is 0. The lowest BCUT2D eigenvalue weighted by molar-refractivity contribution is 0.276. The predicted octanol–water partition coefficient (Wildman–Crippen LogP) is 2.59. The van der Waals surface area contributed by atoms with Crippen LogP contribution in [0, 0.1) is 11.8 Å². The van der Waals surface area contributed by atoms with Crippen molar-refractivity contribution in [1.82, 2.24) is 0 Å². The van der Waals surface area contributed by atoms with Gasteiger partial charge in [-0.3, -0.25) is 0 Å². The summed E-state index contributed by atoms with van der Waals surface area (Å²) in [6, 6.07) is 0. The first-order valence-corrected chi connectivity index (χ1v) is 4.99. The fourth-order valence-electron chi connectivity index (χ4n) is 1.84. The standard InChI is InChI=1S/C10H20O/c1-2-3-4-5-9-8-10(9)6-7-11/h9-11H,2-8H2,1H3/t9-,10+/m1/s1. The Morgan fingerprint density at radius 3 is 2.55 bits per heavy atom. The zero-order chi connectivity index (χ0) is 8.10. The molecule has 0 bridgehead atoms. The lowest BCUT2D eigenvalue weighted by atomic mass is 10.1. The van der Waals surface area contributed by atoms with E-state index in [1.807, 2.05) is 0 Å². The largest absolute Gasteiger partial charge is 0.396 e. The van der Waals surface area contributed by atoms with Gasteiger partial charge in [-0.1, -0.05) is 32.6 Å². The second-order valence-electron chi connectivity index (χ2n) is 3.76. The molecule has 11 heavy (non-hydrogen) atoms. The Balaban J connectivity index is 1.87. The van der Waals surface area contributed by atoms with Gasteiger partial charge in [0, 0.05) is 6.61 Å². The normalized spacial score (nSPS) is 28.9. The lowest BCUT2D eigenvalue weighted by Crippen LogP contribution is -1.88. The van der Waals surface area contributed by atoms with E-state index in [0.717, 1.165) is 18.3 Å². The minimum Gasteiger partial charge on any atom is -0.396 e. The first-order valence-electron chi connectivity index (χ1n) is 4.99. The van der Waals surface area contributed by atoms with Crippen LogP contribution in [-0.2, 0) is 0 Å². The Kier molecular flexibility index (Phi) is 3.92. The summed E-state index contributed by atoms with van der Waals surface area (Å²) in [5.41, 5.74) is 0. The molecule has 1 fully saturated rings. The Labute approximate surface area is 69.8 Å². The summed E-state index contributed by atoms with van der Waals surface area (Å²) in [5.74, 6) is 1.87. The van der Waals surface area contributed by atoms with Gasteiger partial charge in [-0.2, -0.15) is 0 Å². The molecule has 1 saturated carbocycles. The average molecular weight is 156 g/mol. The van der Waals surface area contributed by atoms with Crippen LogP contribution in [0.2, 0.25) is 0 Å². The second kappa shape index (κ2) is 4.76. The second-order valence-corrected chi connectivity index (χ2v) is 3.76. The lowest BCUT2D eigenvalue weighted by Gasteiger charge is -1.97. The summed E-state index contributed by atoms with van der Waals surface area (Å²) >= 11 is 0. The summed E-state index contributed by atoms with van der Waals surface area (Å²) in [4.78, 5) is 0. The van der Waals surface area contributed by atoms with Crippen LogP contribution in [0.1, 0.15) is 45.4 Å². The third kappa shape index (κ3) is 3.24. The molecule has 0 aromatic rings. The van der Waals surface area contributed by atoms with E-state index in [1.165, 1.54) is 32.1 Å². The van der Waals surface area contributed by atoms with Crippen molar-refractivity contribution in [2.24, 2.45) is 11.8 Å². The van der Waals surface area contributed by atoms with Gasteiger partial charge in [-0.25, -0.2) is 0 Å². The van der Waals surface area contributed by atoms with Crippen molar-refractivity contribution in [3.63, 3.8) is 0 Å². The summed E-state index contributed by atoms with van der Waals surface area (Å²) in [6.45, 7) is 2.65. The molecule has 66 valence electrons. The highest BCUT2D eigenvalue weighted by Crippen LogP contribution is 2.44. The molecule has 1 N–H and O–H groups in total. The van der Waals surface area contributed by atoms with Crippen LogP contribution in [0.15, 0.2) is 0 Å². The number of rotatable bonds is 6. The summed E-state index contributed by atoms with van der Waals surface area (Å²) in [6.07, 6.45) is 7.99. The molecule has 0 amide bonds. The molecule has 0 unspecified atom stereocenters. The molecule has 0 aromatic carbocycles. The summed E-state index contributed by atoms with van der Waals surface area (Å²) in [5, 5.41) is 8.67. The van der Waals surface area contributed by atoms with Crippen LogP contribution < -0.4 is 0 Å². The van der Waals surface area contributed by atoms with Crippen LogP contribution in [0.5, 0.6) is 0 Å². The Morgan fingerprint density at radius 1 is 1.18 bits per heavy atom. The first kappa shape index (κ1) is 9.05. The van der Waals surface area contributed by atoms with Crippen molar-refractivity contribution >= 4 is 0 Å². The molecule has 2 atom stereocenters. The topological polar surface area (TPSA) is 20.2 Å². The van der Waals surface area contributed by atoms with E-state index in [2.05, 4.69) is 6.92 Å². The van der Waals surface area contributed by atoms with Gasteiger partial charge in [-0.05, 0) is 24.7 Å². The van der Waals surface area contributed by atoms with Crippen LogP contribution in [0.3, 0.4) is 0 Å². The van der Waals surface area contributed by atoms with Gasteiger partial charge in [0.2, 0.25) is 0 Å². The van der Waals surface area contributed by atoms with Crippen LogP contribution in [-0.4, -0.2) is 11.7 Å². The van der Waals surface area contributed by atoms with Crippen LogP contribution in [0.4, 0.5) is 0 Å². The number of aliphatic hydroxyl groups is 1. The molecule has 0 heterocycles. The quantitative estimate of drug-likeness (QED) is 0.586. The molecule has 1 aliphatic carbocycles. The Bertz CT molecular complexity index is 101. The SMILES string of the molecule is CCCCC[C@@H]1C[C@@H]1CCO. The predicted molar refractivity (Wildman–Crippen MR) is 47.4 cm³/mol. The van der Waals surface area contributed by atoms with Crippen molar-refractivity contribution in [1.29, 1.82) is 0 Å². The molecule has 1 heteroatoms. The molecule has 0 spiro atoms. The van der Waals surface area contributed by atoms with Gasteiger partial charge >= 0.3 is 0 Å². The van der Waals surface area contributed by atoms with Gasteiger partial charge in [0.05, 0.1) is 0 Å². The maximum atomic E-state index is 8.67. The van der Waals surface area contributed by atoms with E-state index in [4.69, 9.17) is 5.11 Å². The Hall–Kier alpha value is -0.0400. The third-order valence-corrected chi connectivity index (χ3v) is 2.75. The van der Waals surface area contributed by atoms with E-state index in [0.29, 0.717) is 6.61 Å². The van der Waals surface area contributed by atoms with Gasteiger partial charge in [0.25, 0.3) is 0 Å². The first-order chi connectivity index (χ1) is 5.38. The average Bonchev–Trinajstić information content (AvgIpc) is 2.70. The molecular formula is C10H20O. The molecule has 1 nitrogen and oxygen atoms in total. The fourth-order valence-corrected chi connectivity index (χ4v) is 1.84. The number of hydrogen-bond donors (Lipinski definition) is 1. The minimum atomic E-state index is 0.398. The van der Waals surface area contributed by atoms with E-state index in [-0.39, 0.29) is 0 Å². The third-order valence-electron chi connectivity index (χ3n) is 2.75. The van der Waals surface area contributed by atoms with Crippen molar-refractivity contribution < 1.29 is 5.11 Å². The van der Waals surface area contributed by atoms with Gasteiger partial charge in [-0.15, -0.1) is 0 Å². The fraction of sp³-hybridized carbons (Fsp3) is 1.00. The minimum absolute atomic E-state index is 0.398. The maximum Gasteiger partial charge on any atom is 0.0433 e. The van der Waals surface area contributed by atoms with Crippen LogP contribution in [0.25, 0.3) is 0 Å². The zero-order valence-electron chi connectivity index (χ0n) is 7.55. The monoisotopic (exact) mass is 156 g/mol. The highest BCUT2D eigenvalue weighted by atomic mass is 16.3. The smallest absolute Gasteiger partial charge is 0.0433 e. The van der Waals surface area contributed by atoms with Crippen molar-refractivity contribution in [3.05, 3.63) is 0 Å². The van der Waals surface area contributed by atoms with E-state index in [9.17, 15) is 0 Å². The van der Waals surface area contributed by atoms with Gasteiger partial charge in [0.1, 0.15) is 0 Å². The van der Waals surface area contributed by atoms with Gasteiger partial charge < -0.3 is 5.11 Å². The van der Waals surface area contributed by atoms with E-state index < -0.39 is 0 Å². The van der Waals surface area contributed by atoms with Crippen molar-refractivity contribution in [2.75, 3.05) is 6.61 Å². The van der Waals surface area contributed by atoms with Crippen molar-refractivity contribution in [2.45, 2.75) is 45.4 Å². The summed E-state index contributed by atoms with van der Waals surface area (Å²) in [7, 11) is 0. The van der Waals surface area contributed by atoms with E-state index in [1.54, 1.807) is 0 Å². The number of aliphatic hydroxyl groups excluding tert-OH is 1. The molecule has 0 aromatic heterocycles. The molecule has 1 aliphatic rings.